The molecule has 0 aliphatic carbocycles. The maximum Gasteiger partial charge on any atom is 0.120 e. The molecule has 0 bridgehead atoms. The second kappa shape index (κ2) is 9.82. The number of rotatable bonds is 10. The van der Waals surface area contributed by atoms with Crippen LogP contribution in [0, 0.1) is 0 Å². The highest BCUT2D eigenvalue weighted by molar-refractivity contribution is 5.28. The first-order chi connectivity index (χ1) is 9.26. The summed E-state index contributed by atoms with van der Waals surface area (Å²) >= 11 is 0. The van der Waals surface area contributed by atoms with E-state index in [2.05, 4.69) is 37.4 Å². The molecule has 0 saturated carbocycles. The summed E-state index contributed by atoms with van der Waals surface area (Å²) in [7, 11) is 0. The van der Waals surface area contributed by atoms with Crippen LogP contribution in [0.15, 0.2) is 24.3 Å². The number of hydrogen-bond acceptors (Lipinski definition) is 3. The molecule has 1 atom stereocenters. The van der Waals surface area contributed by atoms with E-state index in [-0.39, 0.29) is 6.10 Å². The Bertz CT molecular complexity index is 341. The summed E-state index contributed by atoms with van der Waals surface area (Å²) in [5, 5.41) is 3.39. The molecule has 1 aromatic carbocycles. The number of aryl methyl sites for hydroxylation is 1. The summed E-state index contributed by atoms with van der Waals surface area (Å²) in [4.78, 5) is 0. The van der Waals surface area contributed by atoms with E-state index in [1.807, 2.05) is 13.0 Å². The summed E-state index contributed by atoms with van der Waals surface area (Å²) < 4.78 is 11.2. The van der Waals surface area contributed by atoms with Gasteiger partial charge in [-0.05, 0) is 50.9 Å². The third-order valence-electron chi connectivity index (χ3n) is 2.92. The molecule has 0 fully saturated rings. The summed E-state index contributed by atoms with van der Waals surface area (Å²) in [6, 6.07) is 8.32. The lowest BCUT2D eigenvalue weighted by molar-refractivity contribution is 0.143. The fourth-order valence-electron chi connectivity index (χ4n) is 1.86. The zero-order valence-corrected chi connectivity index (χ0v) is 12.4. The minimum absolute atomic E-state index is 0.180. The topological polar surface area (TPSA) is 30.5 Å². The van der Waals surface area contributed by atoms with Gasteiger partial charge in [-0.1, -0.05) is 19.1 Å². The van der Waals surface area contributed by atoms with Crippen molar-refractivity contribution in [2.24, 2.45) is 0 Å². The van der Waals surface area contributed by atoms with Crippen LogP contribution >= 0.6 is 0 Å². The molecule has 0 aliphatic heterocycles. The van der Waals surface area contributed by atoms with Gasteiger partial charge in [0.1, 0.15) is 11.9 Å². The van der Waals surface area contributed by atoms with Crippen LogP contribution < -0.4 is 10.1 Å². The molecule has 1 rings (SSSR count). The monoisotopic (exact) mass is 265 g/mol. The largest absolute Gasteiger partial charge is 0.489 e. The van der Waals surface area contributed by atoms with Crippen LogP contribution in [0.4, 0.5) is 0 Å². The van der Waals surface area contributed by atoms with Crippen molar-refractivity contribution in [3.8, 4) is 5.75 Å². The van der Waals surface area contributed by atoms with Crippen molar-refractivity contribution >= 4 is 0 Å². The van der Waals surface area contributed by atoms with E-state index in [4.69, 9.17) is 9.47 Å². The van der Waals surface area contributed by atoms with Crippen LogP contribution in [0.25, 0.3) is 0 Å². The van der Waals surface area contributed by atoms with Crippen molar-refractivity contribution in [3.05, 3.63) is 29.8 Å². The second-order valence-corrected chi connectivity index (χ2v) is 4.68. The van der Waals surface area contributed by atoms with Gasteiger partial charge in [-0.3, -0.25) is 0 Å². The van der Waals surface area contributed by atoms with Crippen LogP contribution in [-0.4, -0.2) is 32.4 Å². The van der Waals surface area contributed by atoms with E-state index in [9.17, 15) is 0 Å². The molecule has 3 heteroatoms. The zero-order valence-electron chi connectivity index (χ0n) is 12.4. The maximum atomic E-state index is 5.89. The average Bonchev–Trinajstić information content (AvgIpc) is 2.43. The van der Waals surface area contributed by atoms with Gasteiger partial charge >= 0.3 is 0 Å². The van der Waals surface area contributed by atoms with E-state index in [0.717, 1.165) is 44.9 Å². The molecule has 19 heavy (non-hydrogen) atoms. The average molecular weight is 265 g/mol. The maximum absolute atomic E-state index is 5.89. The molecule has 108 valence electrons. The van der Waals surface area contributed by atoms with E-state index in [0.29, 0.717) is 0 Å². The molecule has 1 N–H and O–H groups in total. The normalized spacial score (nSPS) is 12.4. The van der Waals surface area contributed by atoms with Crippen molar-refractivity contribution in [1.29, 1.82) is 0 Å². The van der Waals surface area contributed by atoms with Gasteiger partial charge < -0.3 is 14.8 Å². The van der Waals surface area contributed by atoms with E-state index in [1.54, 1.807) is 0 Å². The summed E-state index contributed by atoms with van der Waals surface area (Å²) in [5.41, 5.74) is 1.31. The van der Waals surface area contributed by atoms with Crippen LogP contribution in [0.2, 0.25) is 0 Å². The number of ether oxygens (including phenoxy) is 2. The molecule has 0 spiro atoms. The smallest absolute Gasteiger partial charge is 0.120 e. The van der Waals surface area contributed by atoms with E-state index < -0.39 is 0 Å². The molecule has 3 nitrogen and oxygen atoms in total. The highest BCUT2D eigenvalue weighted by Crippen LogP contribution is 2.15. The third-order valence-corrected chi connectivity index (χ3v) is 2.92. The highest BCUT2D eigenvalue weighted by Gasteiger charge is 2.03. The van der Waals surface area contributed by atoms with Crippen molar-refractivity contribution < 1.29 is 9.47 Å². The van der Waals surface area contributed by atoms with Gasteiger partial charge in [0.05, 0.1) is 0 Å². The molecule has 0 aliphatic rings. The van der Waals surface area contributed by atoms with Gasteiger partial charge in [0, 0.05) is 19.8 Å². The molecule has 0 radical (unpaired) electrons. The molecule has 0 amide bonds. The fourth-order valence-corrected chi connectivity index (χ4v) is 1.86. The van der Waals surface area contributed by atoms with Crippen LogP contribution in [0.5, 0.6) is 5.75 Å². The first-order valence-corrected chi connectivity index (χ1v) is 7.30. The lowest BCUT2D eigenvalue weighted by Gasteiger charge is -2.16. The molecular formula is C16H27NO2. The molecular weight excluding hydrogens is 238 g/mol. The Balaban J connectivity index is 2.17. The van der Waals surface area contributed by atoms with E-state index in [1.165, 1.54) is 5.56 Å². The summed E-state index contributed by atoms with van der Waals surface area (Å²) in [6.07, 6.45) is 2.27. The quantitative estimate of drug-likeness (QED) is 0.660. The van der Waals surface area contributed by atoms with Crippen LogP contribution in [-0.2, 0) is 11.2 Å². The lowest BCUT2D eigenvalue weighted by atomic mass is 10.2. The first-order valence-electron chi connectivity index (χ1n) is 7.30. The van der Waals surface area contributed by atoms with Gasteiger partial charge in [-0.2, -0.15) is 0 Å². The van der Waals surface area contributed by atoms with Gasteiger partial charge in [0.25, 0.3) is 0 Å². The minimum Gasteiger partial charge on any atom is -0.489 e. The SMILES string of the molecule is CCOCCCNCC(C)Oc1cccc(CC)c1. The van der Waals surface area contributed by atoms with Gasteiger partial charge in [-0.25, -0.2) is 0 Å². The summed E-state index contributed by atoms with van der Waals surface area (Å²) in [5.74, 6) is 0.961. The highest BCUT2D eigenvalue weighted by atomic mass is 16.5. The van der Waals surface area contributed by atoms with Crippen molar-refractivity contribution in [2.45, 2.75) is 39.7 Å². The Kier molecular flexibility index (Phi) is 8.26. The van der Waals surface area contributed by atoms with Crippen LogP contribution in [0.1, 0.15) is 32.8 Å². The molecule has 1 aromatic rings. The first kappa shape index (κ1) is 16.0. The third kappa shape index (κ3) is 7.19. The van der Waals surface area contributed by atoms with Crippen molar-refractivity contribution in [1.82, 2.24) is 5.32 Å². The standard InChI is InChI=1S/C16H27NO2/c1-4-15-8-6-9-16(12-15)19-14(3)13-17-10-7-11-18-5-2/h6,8-9,12,14,17H,4-5,7,10-11,13H2,1-3H3. The second-order valence-electron chi connectivity index (χ2n) is 4.68. The lowest BCUT2D eigenvalue weighted by Crippen LogP contribution is -2.30. The van der Waals surface area contributed by atoms with Crippen molar-refractivity contribution in [2.75, 3.05) is 26.3 Å². The molecule has 0 aromatic heterocycles. The molecule has 0 heterocycles. The van der Waals surface area contributed by atoms with Crippen molar-refractivity contribution in [3.63, 3.8) is 0 Å². The Morgan fingerprint density at radius 1 is 1.26 bits per heavy atom. The van der Waals surface area contributed by atoms with Gasteiger partial charge in [0.15, 0.2) is 0 Å². The van der Waals surface area contributed by atoms with Gasteiger partial charge in [0.2, 0.25) is 0 Å². The predicted molar refractivity (Wildman–Crippen MR) is 79.9 cm³/mol. The Labute approximate surface area is 117 Å². The number of benzene rings is 1. The van der Waals surface area contributed by atoms with Crippen LogP contribution in [0.3, 0.4) is 0 Å². The number of nitrogens with one attached hydrogen (secondary N) is 1. The van der Waals surface area contributed by atoms with Gasteiger partial charge in [-0.15, -0.1) is 0 Å². The zero-order chi connectivity index (χ0) is 13.9. The number of hydrogen-bond donors (Lipinski definition) is 1. The minimum atomic E-state index is 0.180. The summed E-state index contributed by atoms with van der Waals surface area (Å²) in [6.45, 7) is 9.74. The molecule has 1 unspecified atom stereocenters. The molecule has 0 saturated heterocycles. The Morgan fingerprint density at radius 2 is 2.11 bits per heavy atom. The predicted octanol–water partition coefficient (Wildman–Crippen LogP) is 3.03. The Hall–Kier alpha value is -1.06. The van der Waals surface area contributed by atoms with E-state index >= 15 is 0 Å². The Morgan fingerprint density at radius 3 is 2.84 bits per heavy atom. The fraction of sp³-hybridized carbons (Fsp3) is 0.625.